The largest absolute Gasteiger partial charge is 0.399 e. The monoisotopic (exact) mass is 289 g/mol. The summed E-state index contributed by atoms with van der Waals surface area (Å²) < 4.78 is 0. The van der Waals surface area contributed by atoms with E-state index in [2.05, 4.69) is 24.3 Å². The van der Waals surface area contributed by atoms with Gasteiger partial charge in [-0.15, -0.1) is 0 Å². The number of nitrogens with one attached hydrogen (secondary N) is 1. The third-order valence-corrected chi connectivity index (χ3v) is 4.69. The van der Waals surface area contributed by atoms with Gasteiger partial charge in [0.2, 0.25) is 5.91 Å². The molecule has 1 fully saturated rings. The van der Waals surface area contributed by atoms with Crippen LogP contribution in [0.25, 0.3) is 0 Å². The van der Waals surface area contributed by atoms with Crippen LogP contribution < -0.4 is 11.1 Å². The van der Waals surface area contributed by atoms with E-state index in [-0.39, 0.29) is 11.4 Å². The van der Waals surface area contributed by atoms with Crippen LogP contribution >= 0.6 is 0 Å². The number of nitrogen functional groups attached to an aromatic ring is 1. The molecule has 1 amide bonds. The van der Waals surface area contributed by atoms with Crippen LogP contribution in [0.4, 0.5) is 5.69 Å². The summed E-state index contributed by atoms with van der Waals surface area (Å²) in [4.78, 5) is 14.4. The molecular weight excluding hydrogens is 262 g/mol. The second kappa shape index (κ2) is 6.94. The van der Waals surface area contributed by atoms with E-state index in [9.17, 15) is 4.79 Å². The van der Waals surface area contributed by atoms with Gasteiger partial charge in [-0.1, -0.05) is 31.4 Å². The zero-order chi connectivity index (χ0) is 15.3. The first-order valence-electron chi connectivity index (χ1n) is 7.80. The smallest absolute Gasteiger partial charge is 0.224 e. The molecule has 116 valence electrons. The van der Waals surface area contributed by atoms with Crippen LogP contribution in [0.2, 0.25) is 0 Å². The second-order valence-corrected chi connectivity index (χ2v) is 6.37. The maximum absolute atomic E-state index is 12.1. The predicted molar refractivity (Wildman–Crippen MR) is 87.1 cm³/mol. The molecule has 0 spiro atoms. The van der Waals surface area contributed by atoms with Gasteiger partial charge in [-0.25, -0.2) is 0 Å². The normalized spacial score (nSPS) is 17.7. The first-order chi connectivity index (χ1) is 10.0. The molecule has 0 heterocycles. The Kier molecular flexibility index (Phi) is 5.23. The molecule has 1 aromatic rings. The van der Waals surface area contributed by atoms with Gasteiger partial charge in [-0.3, -0.25) is 4.79 Å². The van der Waals surface area contributed by atoms with Gasteiger partial charge in [0.25, 0.3) is 0 Å². The van der Waals surface area contributed by atoms with E-state index in [1.807, 2.05) is 24.3 Å². The molecule has 4 nitrogen and oxygen atoms in total. The average Bonchev–Trinajstić information content (AvgIpc) is 2.48. The first kappa shape index (κ1) is 15.8. The highest BCUT2D eigenvalue weighted by Gasteiger charge is 2.34. The third-order valence-electron chi connectivity index (χ3n) is 4.69. The Bertz CT molecular complexity index is 461. The minimum absolute atomic E-state index is 0.0894. The zero-order valence-electron chi connectivity index (χ0n) is 13.2. The lowest BCUT2D eigenvalue weighted by Gasteiger charge is -2.43. The molecular formula is C17H27N3O. The molecule has 0 radical (unpaired) electrons. The highest BCUT2D eigenvalue weighted by atomic mass is 16.1. The molecule has 1 aromatic carbocycles. The molecule has 0 aliphatic heterocycles. The molecule has 0 bridgehead atoms. The fourth-order valence-corrected chi connectivity index (χ4v) is 3.14. The van der Waals surface area contributed by atoms with Crippen LogP contribution in [0.1, 0.15) is 37.7 Å². The summed E-state index contributed by atoms with van der Waals surface area (Å²) in [5, 5.41) is 3.13. The number of rotatable bonds is 5. The molecule has 0 atom stereocenters. The van der Waals surface area contributed by atoms with Crippen molar-refractivity contribution in [3.8, 4) is 0 Å². The van der Waals surface area contributed by atoms with Gasteiger partial charge in [0, 0.05) is 17.8 Å². The number of amides is 1. The molecule has 1 aliphatic carbocycles. The average molecular weight is 289 g/mol. The first-order valence-corrected chi connectivity index (χ1v) is 7.80. The Hall–Kier alpha value is -1.55. The highest BCUT2D eigenvalue weighted by molar-refractivity contribution is 5.78. The number of hydrogen-bond donors (Lipinski definition) is 2. The number of carbonyl (C=O) groups is 1. The van der Waals surface area contributed by atoms with E-state index in [0.29, 0.717) is 6.42 Å². The molecule has 0 aromatic heterocycles. The van der Waals surface area contributed by atoms with E-state index in [1.54, 1.807) is 0 Å². The quantitative estimate of drug-likeness (QED) is 0.817. The summed E-state index contributed by atoms with van der Waals surface area (Å²) in [5.41, 5.74) is 7.53. The molecule has 3 N–H and O–H groups in total. The van der Waals surface area contributed by atoms with E-state index >= 15 is 0 Å². The van der Waals surface area contributed by atoms with E-state index in [1.165, 1.54) is 32.1 Å². The van der Waals surface area contributed by atoms with Crippen molar-refractivity contribution in [3.63, 3.8) is 0 Å². The Morgan fingerprint density at radius 3 is 2.38 bits per heavy atom. The van der Waals surface area contributed by atoms with Crippen molar-refractivity contribution in [3.05, 3.63) is 29.8 Å². The summed E-state index contributed by atoms with van der Waals surface area (Å²) in [7, 11) is 4.24. The lowest BCUT2D eigenvalue weighted by molar-refractivity contribution is -0.121. The van der Waals surface area contributed by atoms with Gasteiger partial charge in [0.1, 0.15) is 0 Å². The summed E-state index contributed by atoms with van der Waals surface area (Å²) in [6.45, 7) is 0.744. The Morgan fingerprint density at radius 1 is 1.19 bits per heavy atom. The lowest BCUT2D eigenvalue weighted by atomic mass is 9.80. The fraction of sp³-hybridized carbons (Fsp3) is 0.588. The third kappa shape index (κ3) is 4.21. The van der Waals surface area contributed by atoms with Crippen molar-refractivity contribution in [1.82, 2.24) is 10.2 Å². The molecule has 1 aliphatic rings. The molecule has 0 unspecified atom stereocenters. The number of anilines is 1. The standard InChI is InChI=1S/C17H27N3O/c1-20(2)17(10-4-3-5-11-17)13-19-16(21)12-14-6-8-15(18)9-7-14/h6-9H,3-5,10-13,18H2,1-2H3,(H,19,21). The van der Waals surface area contributed by atoms with Crippen LogP contribution in [-0.2, 0) is 11.2 Å². The number of nitrogens with zero attached hydrogens (tertiary/aromatic N) is 1. The molecule has 21 heavy (non-hydrogen) atoms. The Balaban J connectivity index is 1.88. The molecule has 1 saturated carbocycles. The van der Waals surface area contributed by atoms with Gasteiger partial charge in [-0.2, -0.15) is 0 Å². The van der Waals surface area contributed by atoms with E-state index in [0.717, 1.165) is 17.8 Å². The number of hydrogen-bond acceptors (Lipinski definition) is 3. The number of nitrogens with two attached hydrogens (primary N) is 1. The van der Waals surface area contributed by atoms with Crippen LogP contribution in [0, 0.1) is 0 Å². The molecule has 0 saturated heterocycles. The predicted octanol–water partition coefficient (Wildman–Crippen LogP) is 2.19. The van der Waals surface area contributed by atoms with Crippen LogP contribution in [-0.4, -0.2) is 37.0 Å². The van der Waals surface area contributed by atoms with Gasteiger partial charge in [-0.05, 0) is 44.6 Å². The molecule has 4 heteroatoms. The molecule has 2 rings (SSSR count). The maximum atomic E-state index is 12.1. The SMILES string of the molecule is CN(C)C1(CNC(=O)Cc2ccc(N)cc2)CCCCC1. The van der Waals surface area contributed by atoms with Crippen LogP contribution in [0.5, 0.6) is 0 Å². The highest BCUT2D eigenvalue weighted by Crippen LogP contribution is 2.31. The minimum atomic E-state index is 0.0894. The van der Waals surface area contributed by atoms with Crippen molar-refractivity contribution in [2.75, 3.05) is 26.4 Å². The van der Waals surface area contributed by atoms with Gasteiger partial charge in [0.15, 0.2) is 0 Å². The number of benzene rings is 1. The van der Waals surface area contributed by atoms with Gasteiger partial charge < -0.3 is 16.0 Å². The summed E-state index contributed by atoms with van der Waals surface area (Å²) in [5.74, 6) is 0.0894. The summed E-state index contributed by atoms with van der Waals surface area (Å²) in [6.07, 6.45) is 6.58. The zero-order valence-corrected chi connectivity index (χ0v) is 13.2. The van der Waals surface area contributed by atoms with Gasteiger partial charge in [0.05, 0.1) is 6.42 Å². The Labute approximate surface area is 127 Å². The second-order valence-electron chi connectivity index (χ2n) is 6.37. The lowest BCUT2D eigenvalue weighted by Crippen LogP contribution is -2.54. The van der Waals surface area contributed by atoms with E-state index < -0.39 is 0 Å². The topological polar surface area (TPSA) is 58.4 Å². The van der Waals surface area contributed by atoms with Crippen LogP contribution in [0.3, 0.4) is 0 Å². The number of likely N-dealkylation sites (N-methyl/N-ethyl adjacent to an activating group) is 1. The van der Waals surface area contributed by atoms with Crippen LogP contribution in [0.15, 0.2) is 24.3 Å². The maximum Gasteiger partial charge on any atom is 0.224 e. The Morgan fingerprint density at radius 2 is 1.81 bits per heavy atom. The fourth-order valence-electron chi connectivity index (χ4n) is 3.14. The van der Waals surface area contributed by atoms with E-state index in [4.69, 9.17) is 5.73 Å². The van der Waals surface area contributed by atoms with Crippen molar-refractivity contribution in [2.45, 2.75) is 44.1 Å². The number of carbonyl (C=O) groups excluding carboxylic acids is 1. The van der Waals surface area contributed by atoms with Crippen molar-refractivity contribution >= 4 is 11.6 Å². The summed E-state index contributed by atoms with van der Waals surface area (Å²) in [6, 6.07) is 7.50. The minimum Gasteiger partial charge on any atom is -0.399 e. The van der Waals surface area contributed by atoms with Crippen molar-refractivity contribution in [1.29, 1.82) is 0 Å². The van der Waals surface area contributed by atoms with Crippen molar-refractivity contribution < 1.29 is 4.79 Å². The summed E-state index contributed by atoms with van der Waals surface area (Å²) >= 11 is 0. The van der Waals surface area contributed by atoms with Crippen molar-refractivity contribution in [2.24, 2.45) is 0 Å². The van der Waals surface area contributed by atoms with Gasteiger partial charge >= 0.3 is 0 Å².